The summed E-state index contributed by atoms with van der Waals surface area (Å²) >= 11 is 0. The standard InChI is InChI=1S/C20H26N2O4S/c1-5-19(20(23)21-14-16-8-6-7-15(2)13-16)26-18-11-9-17(10-12-18)22(3)27(4,24)25/h6-13,19H,5,14H2,1-4H3,(H,21,23)/t19-/m0/s1. The van der Waals surface area contributed by atoms with E-state index in [2.05, 4.69) is 5.32 Å². The van der Waals surface area contributed by atoms with Crippen LogP contribution in [0, 0.1) is 6.92 Å². The van der Waals surface area contributed by atoms with Crippen molar-refractivity contribution in [1.82, 2.24) is 5.32 Å². The zero-order valence-electron chi connectivity index (χ0n) is 16.1. The van der Waals surface area contributed by atoms with Crippen molar-refractivity contribution in [2.45, 2.75) is 32.9 Å². The zero-order valence-corrected chi connectivity index (χ0v) is 16.9. The van der Waals surface area contributed by atoms with Crippen LogP contribution in [0.5, 0.6) is 5.75 Å². The number of rotatable bonds is 8. The van der Waals surface area contributed by atoms with Crippen LogP contribution in [0.4, 0.5) is 5.69 Å². The number of hydrogen-bond acceptors (Lipinski definition) is 4. The van der Waals surface area contributed by atoms with Gasteiger partial charge in [-0.25, -0.2) is 8.42 Å². The molecule has 7 heteroatoms. The monoisotopic (exact) mass is 390 g/mol. The summed E-state index contributed by atoms with van der Waals surface area (Å²) in [6, 6.07) is 14.6. The van der Waals surface area contributed by atoms with E-state index in [4.69, 9.17) is 4.74 Å². The third-order valence-corrected chi connectivity index (χ3v) is 5.39. The molecule has 2 aromatic rings. The maximum Gasteiger partial charge on any atom is 0.261 e. The molecular weight excluding hydrogens is 364 g/mol. The van der Waals surface area contributed by atoms with E-state index < -0.39 is 16.1 Å². The molecule has 0 radical (unpaired) electrons. The Morgan fingerprint density at radius 1 is 1.19 bits per heavy atom. The summed E-state index contributed by atoms with van der Waals surface area (Å²) in [5.41, 5.74) is 2.71. The van der Waals surface area contributed by atoms with E-state index in [1.54, 1.807) is 24.3 Å². The number of amides is 1. The number of anilines is 1. The first-order valence-corrected chi connectivity index (χ1v) is 10.6. The normalized spacial score (nSPS) is 12.3. The molecule has 1 amide bonds. The van der Waals surface area contributed by atoms with Gasteiger partial charge < -0.3 is 10.1 Å². The summed E-state index contributed by atoms with van der Waals surface area (Å²) in [5.74, 6) is 0.328. The Balaban J connectivity index is 1.98. The van der Waals surface area contributed by atoms with E-state index in [0.29, 0.717) is 24.4 Å². The van der Waals surface area contributed by atoms with Gasteiger partial charge in [-0.2, -0.15) is 0 Å². The van der Waals surface area contributed by atoms with E-state index in [-0.39, 0.29) is 5.91 Å². The van der Waals surface area contributed by atoms with Crippen molar-refractivity contribution in [1.29, 1.82) is 0 Å². The molecule has 0 aliphatic carbocycles. The van der Waals surface area contributed by atoms with Crippen LogP contribution in [0.1, 0.15) is 24.5 Å². The number of aryl methyl sites for hydroxylation is 1. The molecule has 27 heavy (non-hydrogen) atoms. The van der Waals surface area contributed by atoms with Crippen molar-refractivity contribution in [2.24, 2.45) is 0 Å². The first-order valence-electron chi connectivity index (χ1n) is 8.74. The SMILES string of the molecule is CC[C@H](Oc1ccc(N(C)S(C)(=O)=O)cc1)C(=O)NCc1cccc(C)c1. The predicted molar refractivity (Wildman–Crippen MR) is 107 cm³/mol. The Bertz CT molecular complexity index is 879. The van der Waals surface area contributed by atoms with Gasteiger partial charge in [-0.1, -0.05) is 36.8 Å². The van der Waals surface area contributed by atoms with Crippen LogP contribution < -0.4 is 14.4 Å². The number of hydrogen-bond donors (Lipinski definition) is 1. The topological polar surface area (TPSA) is 75.7 Å². The van der Waals surface area contributed by atoms with Gasteiger partial charge in [0.1, 0.15) is 5.75 Å². The predicted octanol–water partition coefficient (Wildman–Crippen LogP) is 2.86. The van der Waals surface area contributed by atoms with Crippen LogP contribution in [-0.4, -0.2) is 33.7 Å². The van der Waals surface area contributed by atoms with Gasteiger partial charge in [-0.15, -0.1) is 0 Å². The summed E-state index contributed by atoms with van der Waals surface area (Å²) in [6.45, 7) is 4.33. The lowest BCUT2D eigenvalue weighted by atomic mass is 10.1. The molecule has 2 rings (SSSR count). The second kappa shape index (κ2) is 8.90. The third kappa shape index (κ3) is 5.99. The van der Waals surface area contributed by atoms with Gasteiger partial charge in [0, 0.05) is 13.6 Å². The molecular formula is C20H26N2O4S. The molecule has 2 aromatic carbocycles. The highest BCUT2D eigenvalue weighted by Crippen LogP contribution is 2.21. The number of nitrogens with one attached hydrogen (secondary N) is 1. The Hall–Kier alpha value is -2.54. The molecule has 0 bridgehead atoms. The molecule has 0 heterocycles. The van der Waals surface area contributed by atoms with Crippen LogP contribution in [0.3, 0.4) is 0 Å². The van der Waals surface area contributed by atoms with Crippen molar-refractivity contribution >= 4 is 21.6 Å². The average molecular weight is 391 g/mol. The number of ether oxygens (including phenoxy) is 1. The van der Waals surface area contributed by atoms with Crippen LogP contribution in [-0.2, 0) is 21.4 Å². The fourth-order valence-electron chi connectivity index (χ4n) is 2.54. The third-order valence-electron chi connectivity index (χ3n) is 4.19. The lowest BCUT2D eigenvalue weighted by Crippen LogP contribution is -2.37. The van der Waals surface area contributed by atoms with Gasteiger partial charge >= 0.3 is 0 Å². The van der Waals surface area contributed by atoms with Crippen molar-refractivity contribution < 1.29 is 17.9 Å². The molecule has 1 atom stereocenters. The number of benzene rings is 2. The Kier molecular flexibility index (Phi) is 6.85. The summed E-state index contributed by atoms with van der Waals surface area (Å²) in [7, 11) is -1.83. The minimum absolute atomic E-state index is 0.184. The zero-order chi connectivity index (χ0) is 20.0. The van der Waals surface area contributed by atoms with Crippen molar-refractivity contribution in [3.63, 3.8) is 0 Å². The first-order chi connectivity index (χ1) is 12.7. The molecule has 0 aromatic heterocycles. The number of carbonyl (C=O) groups excluding carboxylic acids is 1. The molecule has 0 aliphatic rings. The Labute approximate surface area is 161 Å². The van der Waals surface area contributed by atoms with Crippen molar-refractivity contribution in [2.75, 3.05) is 17.6 Å². The number of sulfonamides is 1. The van der Waals surface area contributed by atoms with E-state index in [9.17, 15) is 13.2 Å². The van der Waals surface area contributed by atoms with Crippen LogP contribution >= 0.6 is 0 Å². The fourth-order valence-corrected chi connectivity index (χ4v) is 3.04. The number of carbonyl (C=O) groups is 1. The van der Waals surface area contributed by atoms with Crippen molar-refractivity contribution in [3.05, 3.63) is 59.7 Å². The molecule has 0 saturated carbocycles. The second-order valence-corrected chi connectivity index (χ2v) is 8.46. The minimum atomic E-state index is -3.32. The quantitative estimate of drug-likeness (QED) is 0.752. The van der Waals surface area contributed by atoms with E-state index >= 15 is 0 Å². The van der Waals surface area contributed by atoms with Gasteiger partial charge in [0.15, 0.2) is 6.10 Å². The maximum atomic E-state index is 12.4. The smallest absolute Gasteiger partial charge is 0.261 e. The van der Waals surface area contributed by atoms with Crippen molar-refractivity contribution in [3.8, 4) is 5.75 Å². The second-order valence-electron chi connectivity index (χ2n) is 6.45. The molecule has 0 saturated heterocycles. The average Bonchev–Trinajstić information content (AvgIpc) is 2.63. The molecule has 146 valence electrons. The summed E-state index contributed by atoms with van der Waals surface area (Å²) < 4.78 is 30.1. The van der Waals surface area contributed by atoms with Crippen LogP contribution in [0.15, 0.2) is 48.5 Å². The minimum Gasteiger partial charge on any atom is -0.481 e. The molecule has 0 fully saturated rings. The fraction of sp³-hybridized carbons (Fsp3) is 0.350. The first kappa shape index (κ1) is 20.8. The highest BCUT2D eigenvalue weighted by atomic mass is 32.2. The Morgan fingerprint density at radius 2 is 1.85 bits per heavy atom. The van der Waals surface area contributed by atoms with E-state index in [0.717, 1.165) is 17.4 Å². The van der Waals surface area contributed by atoms with Crippen LogP contribution in [0.25, 0.3) is 0 Å². The summed E-state index contributed by atoms with van der Waals surface area (Å²) in [4.78, 5) is 12.4. The molecule has 1 N–H and O–H groups in total. The molecule has 0 spiro atoms. The molecule has 0 aliphatic heterocycles. The van der Waals surface area contributed by atoms with Gasteiger partial charge in [-0.05, 0) is 43.2 Å². The highest BCUT2D eigenvalue weighted by Gasteiger charge is 2.18. The lowest BCUT2D eigenvalue weighted by Gasteiger charge is -2.19. The summed E-state index contributed by atoms with van der Waals surface area (Å²) in [5, 5.41) is 2.90. The van der Waals surface area contributed by atoms with Gasteiger partial charge in [0.25, 0.3) is 5.91 Å². The molecule has 0 unspecified atom stereocenters. The van der Waals surface area contributed by atoms with Gasteiger partial charge in [0.05, 0.1) is 11.9 Å². The summed E-state index contributed by atoms with van der Waals surface area (Å²) in [6.07, 6.45) is 1.04. The van der Waals surface area contributed by atoms with E-state index in [1.807, 2.05) is 38.1 Å². The molecule has 6 nitrogen and oxygen atoms in total. The van der Waals surface area contributed by atoms with Crippen LogP contribution in [0.2, 0.25) is 0 Å². The Morgan fingerprint density at radius 3 is 2.41 bits per heavy atom. The largest absolute Gasteiger partial charge is 0.481 e. The highest BCUT2D eigenvalue weighted by molar-refractivity contribution is 7.92. The van der Waals surface area contributed by atoms with Gasteiger partial charge in [-0.3, -0.25) is 9.10 Å². The lowest BCUT2D eigenvalue weighted by molar-refractivity contribution is -0.128. The number of nitrogens with zero attached hydrogens (tertiary/aromatic N) is 1. The maximum absolute atomic E-state index is 12.4. The van der Waals surface area contributed by atoms with Gasteiger partial charge in [0.2, 0.25) is 10.0 Å². The van der Waals surface area contributed by atoms with E-state index in [1.165, 1.54) is 11.4 Å².